The highest BCUT2D eigenvalue weighted by atomic mass is 16.5. The van der Waals surface area contributed by atoms with Crippen LogP contribution in [0.5, 0.6) is 11.8 Å². The van der Waals surface area contributed by atoms with E-state index in [1.54, 1.807) is 17.9 Å². The van der Waals surface area contributed by atoms with Gasteiger partial charge in [-0.25, -0.2) is 9.97 Å². The number of pyridine rings is 2. The van der Waals surface area contributed by atoms with Crippen molar-refractivity contribution in [2.75, 3.05) is 12.8 Å². The van der Waals surface area contributed by atoms with Crippen molar-refractivity contribution in [2.45, 2.75) is 19.9 Å². The van der Waals surface area contributed by atoms with Gasteiger partial charge in [0.1, 0.15) is 0 Å². The molecule has 0 unspecified atom stereocenters. The van der Waals surface area contributed by atoms with E-state index in [9.17, 15) is 5.11 Å². The topological polar surface area (TPSA) is 86.2 Å². The number of hydrogen-bond acceptors (Lipinski definition) is 5. The smallest absolute Gasteiger partial charge is 0.221 e. The van der Waals surface area contributed by atoms with E-state index in [-0.39, 0.29) is 5.88 Å². The van der Waals surface area contributed by atoms with Gasteiger partial charge in [0.15, 0.2) is 0 Å². The highest BCUT2D eigenvalue weighted by molar-refractivity contribution is 6.12. The van der Waals surface area contributed by atoms with Crippen LogP contribution in [0.3, 0.4) is 0 Å². The molecule has 0 amide bonds. The summed E-state index contributed by atoms with van der Waals surface area (Å²) in [6.45, 7) is 2.77. The molecule has 6 heteroatoms. The summed E-state index contributed by atoms with van der Waals surface area (Å²) in [5.74, 6) is 0.699. The van der Waals surface area contributed by atoms with E-state index < -0.39 is 0 Å². The van der Waals surface area contributed by atoms with E-state index in [0.29, 0.717) is 29.0 Å². The summed E-state index contributed by atoms with van der Waals surface area (Å²) in [4.78, 5) is 9.09. The summed E-state index contributed by atoms with van der Waals surface area (Å²) in [5, 5.41) is 11.9. The van der Waals surface area contributed by atoms with Gasteiger partial charge in [0.25, 0.3) is 0 Å². The third kappa shape index (κ3) is 2.34. The molecule has 0 atom stereocenters. The molecule has 0 aliphatic heterocycles. The first kappa shape index (κ1) is 16.2. The van der Waals surface area contributed by atoms with Crippen LogP contribution in [0, 0.1) is 0 Å². The van der Waals surface area contributed by atoms with Gasteiger partial charge in [-0.1, -0.05) is 25.1 Å². The van der Waals surface area contributed by atoms with Crippen molar-refractivity contribution in [1.82, 2.24) is 14.5 Å². The van der Waals surface area contributed by atoms with Gasteiger partial charge in [-0.15, -0.1) is 0 Å². The number of ether oxygens (including phenoxy) is 1. The van der Waals surface area contributed by atoms with Gasteiger partial charge >= 0.3 is 0 Å². The number of aromatic hydroxyl groups is 1. The standard InChI is InChI=1S/C20H20N4O2/c1-3-10-24-11-15-16(20(24)25)17(21)14-7-4-6-12(18(14)23-15)13-8-5-9-22-19(13)26-2/h4-9,11,25H,3,10,21H2,1-2H3. The molecule has 4 rings (SSSR count). The largest absolute Gasteiger partial charge is 0.494 e. The minimum atomic E-state index is 0.165. The van der Waals surface area contributed by atoms with Gasteiger partial charge in [0, 0.05) is 35.5 Å². The number of rotatable bonds is 4. The van der Waals surface area contributed by atoms with E-state index in [0.717, 1.165) is 28.5 Å². The van der Waals surface area contributed by atoms with E-state index in [4.69, 9.17) is 15.5 Å². The third-order valence-corrected chi connectivity index (χ3v) is 4.58. The maximum absolute atomic E-state index is 10.5. The normalized spacial score (nSPS) is 11.3. The van der Waals surface area contributed by atoms with Crippen LogP contribution in [-0.2, 0) is 6.54 Å². The van der Waals surface area contributed by atoms with Crippen molar-refractivity contribution in [2.24, 2.45) is 0 Å². The summed E-state index contributed by atoms with van der Waals surface area (Å²) in [7, 11) is 1.60. The van der Waals surface area contributed by atoms with Gasteiger partial charge in [-0.2, -0.15) is 0 Å². The number of anilines is 1. The van der Waals surface area contributed by atoms with Gasteiger partial charge in [0.05, 0.1) is 29.2 Å². The van der Waals surface area contributed by atoms with Crippen molar-refractivity contribution < 1.29 is 9.84 Å². The fourth-order valence-electron chi connectivity index (χ4n) is 3.40. The molecule has 132 valence electrons. The average molecular weight is 348 g/mol. The van der Waals surface area contributed by atoms with Crippen molar-refractivity contribution in [1.29, 1.82) is 0 Å². The van der Waals surface area contributed by atoms with E-state index >= 15 is 0 Å². The predicted molar refractivity (Wildman–Crippen MR) is 103 cm³/mol. The van der Waals surface area contributed by atoms with E-state index in [1.807, 2.05) is 36.5 Å². The Hall–Kier alpha value is -3.28. The molecule has 0 saturated carbocycles. The Balaban J connectivity index is 2.07. The number of nitrogens with two attached hydrogens (primary N) is 1. The number of para-hydroxylation sites is 1. The molecule has 0 saturated heterocycles. The number of benzene rings is 1. The zero-order valence-corrected chi connectivity index (χ0v) is 14.7. The lowest BCUT2D eigenvalue weighted by Crippen LogP contribution is -1.95. The molecule has 0 fully saturated rings. The SMILES string of the molecule is CCCn1cc2nc3c(-c4cccnc4OC)cccc3c(N)c2c1O. The first-order valence-corrected chi connectivity index (χ1v) is 8.55. The first-order chi connectivity index (χ1) is 12.7. The number of fused-ring (bicyclic) bond motifs is 2. The Morgan fingerprint density at radius 3 is 2.77 bits per heavy atom. The Morgan fingerprint density at radius 2 is 2.00 bits per heavy atom. The number of nitrogens with zero attached hydrogens (tertiary/aromatic N) is 3. The molecule has 26 heavy (non-hydrogen) atoms. The lowest BCUT2D eigenvalue weighted by atomic mass is 10.0. The van der Waals surface area contributed by atoms with Gasteiger partial charge in [-0.3, -0.25) is 0 Å². The Morgan fingerprint density at radius 1 is 1.19 bits per heavy atom. The van der Waals surface area contributed by atoms with Gasteiger partial charge in [0.2, 0.25) is 11.8 Å². The molecular formula is C20H20N4O2. The Labute approximate surface area is 150 Å². The molecule has 0 bridgehead atoms. The van der Waals surface area contributed by atoms with Crippen LogP contribution in [0.1, 0.15) is 13.3 Å². The molecule has 3 heterocycles. The van der Waals surface area contributed by atoms with Crippen molar-refractivity contribution in [3.05, 3.63) is 42.7 Å². The number of methoxy groups -OCH3 is 1. The molecule has 0 aliphatic carbocycles. The third-order valence-electron chi connectivity index (χ3n) is 4.58. The summed E-state index contributed by atoms with van der Waals surface area (Å²) >= 11 is 0. The molecular weight excluding hydrogens is 328 g/mol. The summed E-state index contributed by atoms with van der Waals surface area (Å²) in [6, 6.07) is 9.63. The molecule has 0 spiro atoms. The molecule has 1 aromatic carbocycles. The fraction of sp³-hybridized carbons (Fsp3) is 0.200. The zero-order chi connectivity index (χ0) is 18.3. The lowest BCUT2D eigenvalue weighted by molar-refractivity contribution is 0.400. The maximum atomic E-state index is 10.5. The number of aromatic nitrogens is 3. The monoisotopic (exact) mass is 348 g/mol. The summed E-state index contributed by atoms with van der Waals surface area (Å²) < 4.78 is 7.20. The second-order valence-electron chi connectivity index (χ2n) is 6.19. The number of aryl methyl sites for hydroxylation is 1. The van der Waals surface area contributed by atoms with Crippen LogP contribution < -0.4 is 10.5 Å². The molecule has 0 aliphatic rings. The Bertz CT molecular complexity index is 1120. The first-order valence-electron chi connectivity index (χ1n) is 8.55. The van der Waals surface area contributed by atoms with Crippen molar-refractivity contribution >= 4 is 27.5 Å². The molecule has 3 aromatic heterocycles. The molecule has 0 radical (unpaired) electrons. The van der Waals surface area contributed by atoms with E-state index in [1.165, 1.54) is 0 Å². The average Bonchev–Trinajstić information content (AvgIpc) is 2.97. The van der Waals surface area contributed by atoms with Crippen LogP contribution in [0.2, 0.25) is 0 Å². The maximum Gasteiger partial charge on any atom is 0.221 e. The zero-order valence-electron chi connectivity index (χ0n) is 14.7. The van der Waals surface area contributed by atoms with Gasteiger partial charge in [-0.05, 0) is 18.6 Å². The predicted octanol–water partition coefficient (Wildman–Crippen LogP) is 3.96. The molecule has 6 nitrogen and oxygen atoms in total. The minimum absolute atomic E-state index is 0.165. The highest BCUT2D eigenvalue weighted by Gasteiger charge is 2.18. The number of nitrogen functional groups attached to an aromatic ring is 1. The quantitative estimate of drug-likeness (QED) is 0.583. The van der Waals surface area contributed by atoms with Gasteiger partial charge < -0.3 is 20.1 Å². The highest BCUT2D eigenvalue weighted by Crippen LogP contribution is 2.40. The molecule has 4 aromatic rings. The van der Waals surface area contributed by atoms with E-state index in [2.05, 4.69) is 11.9 Å². The second kappa shape index (κ2) is 6.22. The lowest BCUT2D eigenvalue weighted by Gasteiger charge is -2.11. The van der Waals surface area contributed by atoms with Crippen molar-refractivity contribution in [3.63, 3.8) is 0 Å². The fourth-order valence-corrected chi connectivity index (χ4v) is 3.40. The van der Waals surface area contributed by atoms with Crippen LogP contribution in [-0.4, -0.2) is 26.8 Å². The number of hydrogen-bond donors (Lipinski definition) is 2. The second-order valence-corrected chi connectivity index (χ2v) is 6.19. The van der Waals surface area contributed by atoms with Crippen LogP contribution in [0.15, 0.2) is 42.7 Å². The van der Waals surface area contributed by atoms with Crippen LogP contribution in [0.4, 0.5) is 5.69 Å². The molecule has 3 N–H and O–H groups in total. The Kier molecular flexibility index (Phi) is 3.88. The van der Waals surface area contributed by atoms with Crippen LogP contribution >= 0.6 is 0 Å². The van der Waals surface area contributed by atoms with Crippen LogP contribution in [0.25, 0.3) is 32.9 Å². The summed E-state index contributed by atoms with van der Waals surface area (Å²) in [6.07, 6.45) is 4.45. The summed E-state index contributed by atoms with van der Waals surface area (Å²) in [5.41, 5.74) is 10.1. The van der Waals surface area contributed by atoms with Crippen molar-refractivity contribution in [3.8, 4) is 22.9 Å². The minimum Gasteiger partial charge on any atom is -0.494 e.